The van der Waals surface area contributed by atoms with Crippen LogP contribution in [0.4, 0.5) is 0 Å². The smallest absolute Gasteiger partial charge is 0.254 e. The monoisotopic (exact) mass is 404 g/mol. The molecule has 2 saturated heterocycles. The molecule has 1 aromatic heterocycles. The fraction of sp³-hybridized carbons (Fsp3) is 0.500. The zero-order valence-electron chi connectivity index (χ0n) is 16.0. The lowest BCUT2D eigenvalue weighted by Crippen LogP contribution is -2.49. The van der Waals surface area contributed by atoms with E-state index in [0.717, 1.165) is 5.39 Å². The van der Waals surface area contributed by atoms with Crippen molar-refractivity contribution in [2.24, 2.45) is 7.05 Å². The van der Waals surface area contributed by atoms with Gasteiger partial charge in [0.15, 0.2) is 9.84 Å². The van der Waals surface area contributed by atoms with Gasteiger partial charge in [-0.1, -0.05) is 18.2 Å². The fourth-order valence-electron chi connectivity index (χ4n) is 4.51. The first kappa shape index (κ1) is 19.1. The number of nitrogens with zero attached hydrogens (tertiary/aromatic N) is 1. The highest BCUT2D eigenvalue weighted by atomic mass is 32.2. The third-order valence-electron chi connectivity index (χ3n) is 5.94. The average molecular weight is 404 g/mol. The Morgan fingerprint density at radius 2 is 2.07 bits per heavy atom. The van der Waals surface area contributed by atoms with Crippen LogP contribution in [0.25, 0.3) is 10.9 Å². The first-order chi connectivity index (χ1) is 13.2. The Kier molecular flexibility index (Phi) is 4.58. The van der Waals surface area contributed by atoms with Crippen LogP contribution in [0, 0.1) is 6.92 Å². The molecule has 2 fully saturated rings. The van der Waals surface area contributed by atoms with Crippen LogP contribution in [0.3, 0.4) is 0 Å². The van der Waals surface area contributed by atoms with Gasteiger partial charge in [0.05, 0.1) is 28.2 Å². The highest BCUT2D eigenvalue weighted by Gasteiger charge is 2.46. The van der Waals surface area contributed by atoms with Crippen molar-refractivity contribution < 1.29 is 17.9 Å². The molecule has 2 aromatic rings. The normalized spacial score (nSPS) is 26.6. The van der Waals surface area contributed by atoms with E-state index in [1.54, 1.807) is 18.5 Å². The molecule has 2 aliphatic heterocycles. The van der Waals surface area contributed by atoms with Gasteiger partial charge in [0.1, 0.15) is 0 Å². The molecule has 150 valence electrons. The number of rotatable bonds is 2. The van der Waals surface area contributed by atoms with Gasteiger partial charge in [-0.2, -0.15) is 0 Å². The van der Waals surface area contributed by atoms with Crippen molar-refractivity contribution in [1.82, 2.24) is 9.88 Å². The van der Waals surface area contributed by atoms with Crippen molar-refractivity contribution in [2.45, 2.75) is 37.8 Å². The SMILES string of the molecule is Cc1c(C(=O)NC2CCOC3(CCS(=O)(=O)C3)C2)c2ccccc2n(C)c1=O. The number of carbonyl (C=O) groups is 1. The van der Waals surface area contributed by atoms with E-state index < -0.39 is 15.4 Å². The van der Waals surface area contributed by atoms with Crippen molar-refractivity contribution in [3.63, 3.8) is 0 Å². The average Bonchev–Trinajstić information content (AvgIpc) is 2.94. The summed E-state index contributed by atoms with van der Waals surface area (Å²) in [6, 6.07) is 7.15. The van der Waals surface area contributed by atoms with E-state index in [-0.39, 0.29) is 29.0 Å². The summed E-state index contributed by atoms with van der Waals surface area (Å²) in [5, 5.41) is 3.76. The number of hydrogen-bond acceptors (Lipinski definition) is 5. The lowest BCUT2D eigenvalue weighted by Gasteiger charge is -2.37. The van der Waals surface area contributed by atoms with E-state index in [4.69, 9.17) is 4.74 Å². The van der Waals surface area contributed by atoms with Gasteiger partial charge in [-0.3, -0.25) is 9.59 Å². The molecule has 0 bridgehead atoms. The van der Waals surface area contributed by atoms with Crippen LogP contribution in [-0.4, -0.2) is 48.6 Å². The molecule has 1 amide bonds. The van der Waals surface area contributed by atoms with Crippen LogP contribution in [0.15, 0.2) is 29.1 Å². The van der Waals surface area contributed by atoms with Crippen LogP contribution in [0.1, 0.15) is 35.2 Å². The highest BCUT2D eigenvalue weighted by molar-refractivity contribution is 7.91. The predicted octanol–water partition coefficient (Wildman–Crippen LogP) is 1.31. The lowest BCUT2D eigenvalue weighted by atomic mass is 9.89. The summed E-state index contributed by atoms with van der Waals surface area (Å²) >= 11 is 0. The Labute approximate surface area is 163 Å². The Hall–Kier alpha value is -2.19. The fourth-order valence-corrected chi connectivity index (χ4v) is 6.48. The van der Waals surface area contributed by atoms with E-state index >= 15 is 0 Å². The van der Waals surface area contributed by atoms with Gasteiger partial charge < -0.3 is 14.6 Å². The molecule has 0 aliphatic carbocycles. The van der Waals surface area contributed by atoms with E-state index in [9.17, 15) is 18.0 Å². The molecule has 8 heteroatoms. The van der Waals surface area contributed by atoms with Crippen LogP contribution in [0.5, 0.6) is 0 Å². The number of hydrogen-bond donors (Lipinski definition) is 1. The van der Waals surface area contributed by atoms with Crippen molar-refractivity contribution in [2.75, 3.05) is 18.1 Å². The molecule has 4 rings (SSSR count). The quantitative estimate of drug-likeness (QED) is 0.815. The number of carbonyl (C=O) groups excluding carboxylic acids is 1. The first-order valence-corrected chi connectivity index (χ1v) is 11.3. The number of aromatic nitrogens is 1. The van der Waals surface area contributed by atoms with Crippen LogP contribution >= 0.6 is 0 Å². The van der Waals surface area contributed by atoms with E-state index in [1.165, 1.54) is 0 Å². The number of benzene rings is 1. The summed E-state index contributed by atoms with van der Waals surface area (Å²) in [5.74, 6) is -0.152. The maximum Gasteiger partial charge on any atom is 0.254 e. The maximum atomic E-state index is 13.1. The van der Waals surface area contributed by atoms with Gasteiger partial charge in [-0.15, -0.1) is 0 Å². The number of fused-ring (bicyclic) bond motifs is 1. The molecule has 2 atom stereocenters. The van der Waals surface area contributed by atoms with E-state index in [0.29, 0.717) is 42.5 Å². The number of ether oxygens (including phenoxy) is 1. The number of nitrogens with one attached hydrogen (secondary N) is 1. The second kappa shape index (κ2) is 6.70. The van der Waals surface area contributed by atoms with E-state index in [2.05, 4.69) is 5.32 Å². The molecule has 2 aliphatic rings. The molecule has 2 unspecified atom stereocenters. The van der Waals surface area contributed by atoms with Gasteiger partial charge >= 0.3 is 0 Å². The summed E-state index contributed by atoms with van der Waals surface area (Å²) in [4.78, 5) is 25.7. The number of sulfone groups is 1. The zero-order valence-corrected chi connectivity index (χ0v) is 16.8. The van der Waals surface area contributed by atoms with Gasteiger partial charge in [0.25, 0.3) is 11.5 Å². The predicted molar refractivity (Wildman–Crippen MR) is 106 cm³/mol. The standard InChI is InChI=1S/C20H24N2O5S/c1-13-17(15-5-3-4-6-16(15)22(2)19(13)24)18(23)21-14-7-9-27-20(11-14)8-10-28(25,26)12-20/h3-6,14H,7-12H2,1-2H3,(H,21,23). The molecule has 0 radical (unpaired) electrons. The zero-order chi connectivity index (χ0) is 20.1. The summed E-state index contributed by atoms with van der Waals surface area (Å²) in [6.45, 7) is 2.08. The first-order valence-electron chi connectivity index (χ1n) is 9.45. The Bertz CT molecular complexity index is 1120. The molecular formula is C20H24N2O5S. The molecular weight excluding hydrogens is 380 g/mol. The van der Waals surface area contributed by atoms with Crippen molar-refractivity contribution in [3.8, 4) is 0 Å². The minimum absolute atomic E-state index is 0.0141. The molecule has 1 spiro atoms. The van der Waals surface area contributed by atoms with E-state index in [1.807, 2.05) is 24.3 Å². The maximum absolute atomic E-state index is 13.1. The van der Waals surface area contributed by atoms with Gasteiger partial charge in [0, 0.05) is 30.6 Å². The second-order valence-electron chi connectivity index (χ2n) is 7.92. The van der Waals surface area contributed by atoms with Gasteiger partial charge in [-0.25, -0.2) is 8.42 Å². The number of amides is 1. The van der Waals surface area contributed by atoms with Crippen molar-refractivity contribution in [1.29, 1.82) is 0 Å². The Balaban J connectivity index is 1.64. The van der Waals surface area contributed by atoms with Crippen LogP contribution in [-0.2, 0) is 21.6 Å². The number of pyridine rings is 1. The summed E-state index contributed by atoms with van der Waals surface area (Å²) in [5.41, 5.74) is 0.601. The number of aryl methyl sites for hydroxylation is 1. The van der Waals surface area contributed by atoms with Gasteiger partial charge in [0.2, 0.25) is 0 Å². The van der Waals surface area contributed by atoms with Crippen molar-refractivity contribution >= 4 is 26.6 Å². The third kappa shape index (κ3) is 3.24. The topological polar surface area (TPSA) is 94.5 Å². The third-order valence-corrected chi connectivity index (χ3v) is 7.73. The summed E-state index contributed by atoms with van der Waals surface area (Å²) in [6.07, 6.45) is 1.56. The van der Waals surface area contributed by atoms with Gasteiger partial charge in [-0.05, 0) is 32.3 Å². The Morgan fingerprint density at radius 3 is 2.79 bits per heavy atom. The number of para-hydroxylation sites is 1. The summed E-state index contributed by atoms with van der Waals surface area (Å²) < 4.78 is 31.2. The minimum Gasteiger partial charge on any atom is -0.374 e. The molecule has 3 heterocycles. The molecule has 1 N–H and O–H groups in total. The Morgan fingerprint density at radius 1 is 1.32 bits per heavy atom. The lowest BCUT2D eigenvalue weighted by molar-refractivity contribution is -0.0690. The van der Waals surface area contributed by atoms with Crippen LogP contribution in [0.2, 0.25) is 0 Å². The van der Waals surface area contributed by atoms with Crippen LogP contribution < -0.4 is 10.9 Å². The molecule has 0 saturated carbocycles. The minimum atomic E-state index is -3.09. The molecule has 1 aromatic carbocycles. The largest absolute Gasteiger partial charge is 0.374 e. The van der Waals surface area contributed by atoms with Crippen molar-refractivity contribution in [3.05, 3.63) is 45.7 Å². The molecule has 7 nitrogen and oxygen atoms in total. The molecule has 28 heavy (non-hydrogen) atoms. The second-order valence-corrected chi connectivity index (χ2v) is 10.1. The summed E-state index contributed by atoms with van der Waals surface area (Å²) in [7, 11) is -1.39. The highest BCUT2D eigenvalue weighted by Crippen LogP contribution is 2.35.